The van der Waals surface area contributed by atoms with Crippen molar-refractivity contribution in [3.05, 3.63) is 64.6 Å². The molecule has 2 amide bonds. The van der Waals surface area contributed by atoms with Gasteiger partial charge in [0.1, 0.15) is 5.01 Å². The number of anilines is 1. The Morgan fingerprint density at radius 1 is 0.914 bits per heavy atom. The van der Waals surface area contributed by atoms with Gasteiger partial charge in [0.15, 0.2) is 0 Å². The van der Waals surface area contributed by atoms with Crippen LogP contribution in [0.3, 0.4) is 0 Å². The molecule has 0 saturated carbocycles. The summed E-state index contributed by atoms with van der Waals surface area (Å²) in [6, 6.07) is 17.7. The van der Waals surface area contributed by atoms with Gasteiger partial charge in [-0.15, -0.1) is 10.2 Å². The highest BCUT2D eigenvalue weighted by atomic mass is 79.9. The van der Waals surface area contributed by atoms with Crippen molar-refractivity contribution in [3.63, 3.8) is 0 Å². The number of nitrogens with one attached hydrogen (secondary N) is 1. The van der Waals surface area contributed by atoms with E-state index in [9.17, 15) is 9.59 Å². The number of carbonyl (C=O) groups excluding carboxylic acids is 2. The zero-order valence-electron chi connectivity index (χ0n) is 20.2. The number of benzene rings is 2. The second-order valence-corrected chi connectivity index (χ2v) is 10.4. The third-order valence-corrected chi connectivity index (χ3v) is 7.10. The first-order chi connectivity index (χ1) is 17.0. The number of carbonyl (C=O) groups is 2. The van der Waals surface area contributed by atoms with E-state index in [0.717, 1.165) is 33.4 Å². The maximum absolute atomic E-state index is 13.0. The summed E-state index contributed by atoms with van der Waals surface area (Å²) in [5, 5.41) is 12.3. The zero-order chi connectivity index (χ0) is 24.9. The number of unbranched alkanes of at least 4 members (excludes halogenated alkanes) is 5. The van der Waals surface area contributed by atoms with Gasteiger partial charge in [0.2, 0.25) is 16.9 Å². The van der Waals surface area contributed by atoms with E-state index < -0.39 is 0 Å². The monoisotopic (exact) mass is 556 g/mol. The number of rotatable bonds is 14. The topological polar surface area (TPSA) is 75.2 Å². The molecule has 2 aromatic carbocycles. The Kier molecular flexibility index (Phi) is 11.4. The van der Waals surface area contributed by atoms with Gasteiger partial charge >= 0.3 is 0 Å². The molecule has 0 aliphatic rings. The lowest BCUT2D eigenvalue weighted by Crippen LogP contribution is -2.33. The van der Waals surface area contributed by atoms with Crippen molar-refractivity contribution in [1.29, 1.82) is 0 Å². The highest BCUT2D eigenvalue weighted by Gasteiger charge is 2.16. The van der Waals surface area contributed by atoms with Gasteiger partial charge in [-0.05, 0) is 24.1 Å². The van der Waals surface area contributed by atoms with Crippen LogP contribution in [-0.2, 0) is 16.1 Å². The van der Waals surface area contributed by atoms with Crippen LogP contribution in [0.5, 0.6) is 0 Å². The van der Waals surface area contributed by atoms with Crippen LogP contribution in [0, 0.1) is 0 Å². The van der Waals surface area contributed by atoms with Crippen LogP contribution in [0.15, 0.2) is 59.1 Å². The summed E-state index contributed by atoms with van der Waals surface area (Å²) < 4.78 is 0.991. The number of amides is 2. The largest absolute Gasteiger partial charge is 0.338 e. The Morgan fingerprint density at radius 2 is 1.63 bits per heavy atom. The first kappa shape index (κ1) is 27.0. The Hall–Kier alpha value is -2.58. The van der Waals surface area contributed by atoms with E-state index in [1.54, 1.807) is 4.90 Å². The summed E-state index contributed by atoms with van der Waals surface area (Å²) in [5.74, 6) is -0.0699. The maximum atomic E-state index is 13.0. The lowest BCUT2D eigenvalue weighted by atomic mass is 10.1. The molecule has 1 aromatic heterocycles. The molecule has 3 aromatic rings. The van der Waals surface area contributed by atoms with E-state index in [1.165, 1.54) is 37.0 Å². The van der Waals surface area contributed by atoms with E-state index in [0.29, 0.717) is 24.6 Å². The minimum atomic E-state index is -0.172. The molecule has 0 aliphatic carbocycles. The fourth-order valence-corrected chi connectivity index (χ4v) is 4.74. The van der Waals surface area contributed by atoms with Crippen molar-refractivity contribution >= 4 is 44.2 Å². The molecule has 0 saturated heterocycles. The predicted molar refractivity (Wildman–Crippen MR) is 146 cm³/mol. The lowest BCUT2D eigenvalue weighted by Gasteiger charge is -2.23. The van der Waals surface area contributed by atoms with Crippen LogP contribution in [-0.4, -0.2) is 33.5 Å². The van der Waals surface area contributed by atoms with Crippen molar-refractivity contribution < 1.29 is 9.59 Å². The molecule has 6 nitrogen and oxygen atoms in total. The Bertz CT molecular complexity index is 1060. The molecule has 0 aliphatic heterocycles. The van der Waals surface area contributed by atoms with Crippen LogP contribution >= 0.6 is 27.3 Å². The number of halogens is 1. The normalized spacial score (nSPS) is 10.8. The molecule has 1 heterocycles. The van der Waals surface area contributed by atoms with E-state index in [-0.39, 0.29) is 18.2 Å². The molecule has 186 valence electrons. The van der Waals surface area contributed by atoms with Crippen LogP contribution in [0.1, 0.15) is 63.9 Å². The van der Waals surface area contributed by atoms with Gasteiger partial charge < -0.3 is 10.2 Å². The lowest BCUT2D eigenvalue weighted by molar-refractivity contribution is -0.132. The molecule has 0 radical (unpaired) electrons. The minimum absolute atomic E-state index is 0.102. The molecule has 0 atom stereocenters. The van der Waals surface area contributed by atoms with E-state index in [2.05, 4.69) is 38.4 Å². The predicted octanol–water partition coefficient (Wildman–Crippen LogP) is 7.08. The number of hydrogen-bond acceptors (Lipinski definition) is 5. The summed E-state index contributed by atoms with van der Waals surface area (Å²) in [6.07, 6.45) is 7.57. The summed E-state index contributed by atoms with van der Waals surface area (Å²) in [7, 11) is 0. The van der Waals surface area contributed by atoms with Crippen molar-refractivity contribution in [2.45, 2.75) is 64.8 Å². The molecule has 0 unspecified atom stereocenters. The van der Waals surface area contributed by atoms with Gasteiger partial charge in [-0.1, -0.05) is 109 Å². The standard InChI is InChI=1S/C27H33BrN4O2S/c1-2-3-4-5-6-10-13-25(34)32(20-21-11-8-7-9-12-21)19-18-24(33)29-27-31-30-26(35-27)22-14-16-23(28)17-15-22/h7-9,11-12,14-17H,2-6,10,13,18-20H2,1H3,(H,29,31,33). The Balaban J connectivity index is 1.52. The summed E-state index contributed by atoms with van der Waals surface area (Å²) >= 11 is 4.76. The van der Waals surface area contributed by atoms with Crippen molar-refractivity contribution in [1.82, 2.24) is 15.1 Å². The fraction of sp³-hybridized carbons (Fsp3) is 0.407. The first-order valence-electron chi connectivity index (χ1n) is 12.3. The van der Waals surface area contributed by atoms with Crippen molar-refractivity contribution in [2.75, 3.05) is 11.9 Å². The van der Waals surface area contributed by atoms with E-state index >= 15 is 0 Å². The summed E-state index contributed by atoms with van der Waals surface area (Å²) in [4.78, 5) is 27.4. The van der Waals surface area contributed by atoms with Gasteiger partial charge in [0.25, 0.3) is 0 Å². The van der Waals surface area contributed by atoms with E-state index in [1.807, 2.05) is 54.6 Å². The Morgan fingerprint density at radius 3 is 2.37 bits per heavy atom. The van der Waals surface area contributed by atoms with Crippen LogP contribution in [0.25, 0.3) is 10.6 Å². The average Bonchev–Trinajstić information content (AvgIpc) is 3.33. The highest BCUT2D eigenvalue weighted by molar-refractivity contribution is 9.10. The molecule has 3 rings (SSSR count). The van der Waals surface area contributed by atoms with Gasteiger partial charge in [0.05, 0.1) is 0 Å². The maximum Gasteiger partial charge on any atom is 0.227 e. The Labute approximate surface area is 220 Å². The van der Waals surface area contributed by atoms with Gasteiger partial charge in [-0.2, -0.15) is 0 Å². The van der Waals surface area contributed by atoms with Crippen molar-refractivity contribution in [3.8, 4) is 10.6 Å². The molecular formula is C27H33BrN4O2S. The summed E-state index contributed by atoms with van der Waals surface area (Å²) in [5.41, 5.74) is 2.01. The fourth-order valence-electron chi connectivity index (χ4n) is 3.71. The summed E-state index contributed by atoms with van der Waals surface area (Å²) in [6.45, 7) is 3.08. The minimum Gasteiger partial charge on any atom is -0.338 e. The molecule has 0 bridgehead atoms. The third-order valence-electron chi connectivity index (χ3n) is 5.68. The first-order valence-corrected chi connectivity index (χ1v) is 13.9. The van der Waals surface area contributed by atoms with Gasteiger partial charge in [-0.3, -0.25) is 9.59 Å². The smallest absolute Gasteiger partial charge is 0.227 e. The van der Waals surface area contributed by atoms with Crippen LogP contribution in [0.4, 0.5) is 5.13 Å². The second-order valence-electron chi connectivity index (χ2n) is 8.54. The number of nitrogens with zero attached hydrogens (tertiary/aromatic N) is 3. The molecule has 0 fully saturated rings. The zero-order valence-corrected chi connectivity index (χ0v) is 22.6. The molecular weight excluding hydrogens is 524 g/mol. The number of aromatic nitrogens is 2. The molecule has 8 heteroatoms. The molecule has 0 spiro atoms. The second kappa shape index (κ2) is 14.7. The number of hydrogen-bond donors (Lipinski definition) is 1. The van der Waals surface area contributed by atoms with Crippen LogP contribution < -0.4 is 5.32 Å². The molecule has 1 N–H and O–H groups in total. The van der Waals surface area contributed by atoms with Gasteiger partial charge in [0, 0.05) is 36.0 Å². The third kappa shape index (κ3) is 9.53. The van der Waals surface area contributed by atoms with Crippen molar-refractivity contribution in [2.24, 2.45) is 0 Å². The SMILES string of the molecule is CCCCCCCCC(=O)N(CCC(=O)Nc1nnc(-c2ccc(Br)cc2)s1)Cc1ccccc1. The highest BCUT2D eigenvalue weighted by Crippen LogP contribution is 2.27. The quantitative estimate of drug-likeness (QED) is 0.215. The molecule has 35 heavy (non-hydrogen) atoms. The van der Waals surface area contributed by atoms with Gasteiger partial charge in [-0.25, -0.2) is 0 Å². The average molecular weight is 558 g/mol. The van der Waals surface area contributed by atoms with Crippen LogP contribution in [0.2, 0.25) is 0 Å². The van der Waals surface area contributed by atoms with E-state index in [4.69, 9.17) is 0 Å².